The number of hydrogen-bond donors (Lipinski definition) is 4. The number of carbonyl (C=O) groups is 3. The third-order valence-corrected chi connectivity index (χ3v) is 8.60. The number of carboxylic acids is 1. The molecule has 44 heavy (non-hydrogen) atoms. The van der Waals surface area contributed by atoms with Gasteiger partial charge in [0, 0.05) is 38.3 Å². The van der Waals surface area contributed by atoms with E-state index in [0.717, 1.165) is 9.69 Å². The van der Waals surface area contributed by atoms with E-state index >= 15 is 0 Å². The lowest BCUT2D eigenvalue weighted by Crippen LogP contribution is -2.42. The second-order valence-electron chi connectivity index (χ2n) is 9.73. The summed E-state index contributed by atoms with van der Waals surface area (Å²) in [6.07, 6.45) is -4.77. The summed E-state index contributed by atoms with van der Waals surface area (Å²) in [7, 11) is -1.00. The Kier molecular flexibility index (Phi) is 10.2. The monoisotopic (exact) mass is 637 g/mol. The average Bonchev–Trinajstić information content (AvgIpc) is 3.31. The van der Waals surface area contributed by atoms with Gasteiger partial charge in [0.1, 0.15) is 17.6 Å². The summed E-state index contributed by atoms with van der Waals surface area (Å²) in [5.41, 5.74) is 7.18. The first kappa shape index (κ1) is 33.8. The number of aliphatic carboxylic acids is 1. The van der Waals surface area contributed by atoms with Gasteiger partial charge in [-0.3, -0.25) is 15.0 Å². The average molecular weight is 638 g/mol. The van der Waals surface area contributed by atoms with E-state index in [2.05, 4.69) is 5.32 Å². The Morgan fingerprint density at radius 2 is 1.77 bits per heavy atom. The third-order valence-electron chi connectivity index (χ3n) is 6.73. The number of carboxylic acid groups (broad SMARTS) is 1. The number of alkyl halides is 3. The van der Waals surface area contributed by atoms with E-state index in [1.165, 1.54) is 20.0 Å². The number of amides is 2. The summed E-state index contributed by atoms with van der Waals surface area (Å²) >= 11 is 0. The lowest BCUT2D eigenvalue weighted by atomic mass is 10.1. The van der Waals surface area contributed by atoms with Crippen molar-refractivity contribution >= 4 is 50.1 Å². The third kappa shape index (κ3) is 7.82. The molecule has 0 saturated carbocycles. The number of rotatable bonds is 8. The maximum Gasteiger partial charge on any atom is 0.490 e. The van der Waals surface area contributed by atoms with Crippen molar-refractivity contribution in [3.05, 3.63) is 65.7 Å². The molecule has 3 aromatic carbocycles. The molecule has 2 amide bonds. The van der Waals surface area contributed by atoms with Crippen LogP contribution in [-0.2, 0) is 31.0 Å². The van der Waals surface area contributed by atoms with Crippen LogP contribution in [0.5, 0.6) is 5.75 Å². The van der Waals surface area contributed by atoms with Crippen LogP contribution in [0.4, 0.5) is 18.9 Å². The van der Waals surface area contributed by atoms with Gasteiger partial charge in [0.15, 0.2) is 0 Å². The molecule has 0 bridgehead atoms. The van der Waals surface area contributed by atoms with Crippen LogP contribution in [0.15, 0.2) is 59.5 Å². The first-order valence-electron chi connectivity index (χ1n) is 12.9. The summed E-state index contributed by atoms with van der Waals surface area (Å²) in [6, 6.07) is 14.3. The van der Waals surface area contributed by atoms with Gasteiger partial charge >= 0.3 is 12.1 Å². The number of sulfonamides is 1. The van der Waals surface area contributed by atoms with Crippen LogP contribution in [0.2, 0.25) is 0 Å². The maximum atomic E-state index is 13.5. The lowest BCUT2D eigenvalue weighted by Gasteiger charge is -2.24. The zero-order valence-corrected chi connectivity index (χ0v) is 24.6. The molecule has 12 nitrogen and oxygen atoms in total. The van der Waals surface area contributed by atoms with E-state index < -0.39 is 28.2 Å². The molecule has 4 rings (SSSR count). The van der Waals surface area contributed by atoms with Crippen molar-refractivity contribution in [2.45, 2.75) is 37.0 Å². The Hall–Kier alpha value is -4.70. The van der Waals surface area contributed by atoms with E-state index in [0.29, 0.717) is 40.9 Å². The first-order chi connectivity index (χ1) is 20.4. The largest absolute Gasteiger partial charge is 0.497 e. The topological polar surface area (TPSA) is 183 Å². The molecule has 0 spiro atoms. The highest BCUT2D eigenvalue weighted by atomic mass is 32.2. The van der Waals surface area contributed by atoms with Crippen LogP contribution >= 0.6 is 0 Å². The molecule has 16 heteroatoms. The fraction of sp³-hybridized carbons (Fsp3) is 0.286. The molecule has 1 unspecified atom stereocenters. The molecule has 0 radical (unpaired) electrons. The molecule has 1 saturated heterocycles. The number of anilines is 1. The number of likely N-dealkylation sites (tertiary alicyclic amines) is 1. The summed E-state index contributed by atoms with van der Waals surface area (Å²) in [6.45, 7) is 1.85. The van der Waals surface area contributed by atoms with Crippen LogP contribution in [-0.4, -0.2) is 79.3 Å². The smallest absolute Gasteiger partial charge is 0.490 e. The van der Waals surface area contributed by atoms with E-state index in [-0.39, 0.29) is 29.1 Å². The van der Waals surface area contributed by atoms with Crippen molar-refractivity contribution in [3.8, 4) is 5.75 Å². The van der Waals surface area contributed by atoms with Gasteiger partial charge in [-0.1, -0.05) is 12.1 Å². The van der Waals surface area contributed by atoms with Crippen molar-refractivity contribution in [3.63, 3.8) is 0 Å². The second kappa shape index (κ2) is 13.3. The number of fused-ring (bicyclic) bond motifs is 1. The van der Waals surface area contributed by atoms with Gasteiger partial charge < -0.3 is 25.8 Å². The minimum Gasteiger partial charge on any atom is -0.497 e. The molecule has 5 N–H and O–H groups in total. The molecular formula is C28H30F3N5O7S. The highest BCUT2D eigenvalue weighted by Crippen LogP contribution is 2.29. The van der Waals surface area contributed by atoms with Crippen molar-refractivity contribution in [1.82, 2.24) is 9.21 Å². The fourth-order valence-electron chi connectivity index (χ4n) is 4.45. The van der Waals surface area contributed by atoms with E-state index in [1.54, 1.807) is 54.5 Å². The predicted molar refractivity (Wildman–Crippen MR) is 155 cm³/mol. The van der Waals surface area contributed by atoms with Crippen molar-refractivity contribution in [2.75, 3.05) is 26.0 Å². The molecule has 1 heterocycles. The number of ether oxygens (including phenoxy) is 1. The molecule has 1 aliphatic rings. The summed E-state index contributed by atoms with van der Waals surface area (Å²) in [4.78, 5) is 35.5. The van der Waals surface area contributed by atoms with Gasteiger partial charge in [-0.2, -0.15) is 17.5 Å². The first-order valence-corrected chi connectivity index (χ1v) is 14.3. The number of methoxy groups -OCH3 is 1. The lowest BCUT2D eigenvalue weighted by molar-refractivity contribution is -0.192. The number of nitrogens with zero attached hydrogens (tertiary/aromatic N) is 2. The Bertz CT molecular complexity index is 1710. The number of hydrogen-bond acceptors (Lipinski definition) is 7. The standard InChI is InChI=1S/C26H29N5O5S.C2HF3O2/c1-16(32)29-23-9-6-18(25(27)28)12-20(23)15-31-11-10-24(26(31)33)30(2)37(34,35)22-8-5-17-4-7-21(36-3)13-19(17)14-22;3-2(4,5)1(6)7/h4-9,12-14,24H,10-11,15H2,1-3H3,(H3,27,28)(H,29,32);(H,6,7). The molecule has 236 valence electrons. The summed E-state index contributed by atoms with van der Waals surface area (Å²) in [5, 5.41) is 19.1. The Balaban J connectivity index is 0.000000676. The molecule has 1 atom stereocenters. The van der Waals surface area contributed by atoms with Crippen LogP contribution in [0, 0.1) is 5.41 Å². The number of benzene rings is 3. The van der Waals surface area contributed by atoms with Gasteiger partial charge in [-0.15, -0.1) is 0 Å². The zero-order chi connectivity index (χ0) is 33.0. The molecule has 3 aromatic rings. The predicted octanol–water partition coefficient (Wildman–Crippen LogP) is 3.15. The van der Waals surface area contributed by atoms with E-state index in [1.807, 2.05) is 6.07 Å². The molecule has 0 aromatic heterocycles. The van der Waals surface area contributed by atoms with Crippen LogP contribution in [0.3, 0.4) is 0 Å². The summed E-state index contributed by atoms with van der Waals surface area (Å²) in [5.74, 6) is -2.89. The number of nitrogen functional groups attached to an aromatic ring is 1. The SMILES string of the molecule is COc1ccc2ccc(S(=O)(=O)N(C)C3CCN(Cc4cc(C(=N)N)ccc4NC(C)=O)C3=O)cc2c1.O=C(O)C(F)(F)F. The van der Waals surface area contributed by atoms with Gasteiger partial charge in [-0.25, -0.2) is 13.2 Å². The van der Waals surface area contributed by atoms with Gasteiger partial charge in [0.2, 0.25) is 21.8 Å². The number of nitrogens with two attached hydrogens (primary N) is 1. The summed E-state index contributed by atoms with van der Waals surface area (Å²) < 4.78 is 65.0. The number of likely N-dealkylation sites (N-methyl/N-ethyl adjacent to an activating group) is 1. The zero-order valence-electron chi connectivity index (χ0n) is 23.8. The van der Waals surface area contributed by atoms with E-state index in [4.69, 9.17) is 25.8 Å². The second-order valence-corrected chi connectivity index (χ2v) is 11.7. The highest BCUT2D eigenvalue weighted by Gasteiger charge is 2.40. The molecule has 1 fully saturated rings. The van der Waals surface area contributed by atoms with Gasteiger partial charge in [0.05, 0.1) is 12.0 Å². The van der Waals surface area contributed by atoms with E-state index in [9.17, 15) is 31.2 Å². The number of nitrogens with one attached hydrogen (secondary N) is 2. The minimum atomic E-state index is -5.08. The fourth-order valence-corrected chi connectivity index (χ4v) is 5.83. The normalized spacial score (nSPS) is 15.1. The van der Waals surface area contributed by atoms with Crippen molar-refractivity contribution in [1.29, 1.82) is 5.41 Å². The quantitative estimate of drug-likeness (QED) is 0.215. The van der Waals surface area contributed by atoms with Crippen molar-refractivity contribution in [2.24, 2.45) is 5.73 Å². The van der Waals surface area contributed by atoms with Crippen LogP contribution < -0.4 is 15.8 Å². The Morgan fingerprint density at radius 1 is 1.14 bits per heavy atom. The van der Waals surface area contributed by atoms with Crippen molar-refractivity contribution < 1.29 is 45.8 Å². The molecular weight excluding hydrogens is 607 g/mol. The number of carbonyl (C=O) groups excluding carboxylic acids is 2. The molecule has 1 aliphatic heterocycles. The highest BCUT2D eigenvalue weighted by molar-refractivity contribution is 7.89. The number of halogens is 3. The Morgan fingerprint density at radius 3 is 2.34 bits per heavy atom. The Labute approximate surface area is 250 Å². The van der Waals surface area contributed by atoms with Gasteiger partial charge in [0.25, 0.3) is 0 Å². The molecule has 0 aliphatic carbocycles. The minimum absolute atomic E-state index is 0.0871. The van der Waals surface area contributed by atoms with Gasteiger partial charge in [-0.05, 0) is 65.2 Å². The number of amidine groups is 1. The maximum absolute atomic E-state index is 13.5. The van der Waals surface area contributed by atoms with Crippen LogP contribution in [0.25, 0.3) is 10.8 Å². The van der Waals surface area contributed by atoms with Crippen LogP contribution in [0.1, 0.15) is 24.5 Å².